The summed E-state index contributed by atoms with van der Waals surface area (Å²) >= 11 is 1.24. The number of nitrogen functional groups attached to an aromatic ring is 1. The summed E-state index contributed by atoms with van der Waals surface area (Å²) in [6, 6.07) is 0. The highest BCUT2D eigenvalue weighted by atomic mass is 32.1. The van der Waals surface area contributed by atoms with Crippen molar-refractivity contribution in [2.24, 2.45) is 0 Å². The van der Waals surface area contributed by atoms with Crippen molar-refractivity contribution in [1.29, 1.82) is 0 Å². The number of nitrogens with zero attached hydrogens (tertiary/aromatic N) is 1. The van der Waals surface area contributed by atoms with Gasteiger partial charge in [-0.3, -0.25) is 4.79 Å². The van der Waals surface area contributed by atoms with Crippen LogP contribution in [0.4, 0.5) is 5.13 Å². The normalized spacial score (nSPS) is 9.30. The minimum atomic E-state index is -0.384. The molecular formula is C5H6N2O2S. The van der Waals surface area contributed by atoms with Crippen LogP contribution in [0.1, 0.15) is 6.92 Å². The number of ether oxygens (including phenoxy) is 1. The number of carbonyl (C=O) groups is 1. The van der Waals surface area contributed by atoms with Gasteiger partial charge in [0, 0.05) is 6.92 Å². The van der Waals surface area contributed by atoms with Crippen LogP contribution in [0, 0.1) is 0 Å². The number of nitrogens with two attached hydrogens (primary N) is 1. The number of carbonyl (C=O) groups excluding carboxylic acids is 1. The molecule has 10 heavy (non-hydrogen) atoms. The van der Waals surface area contributed by atoms with Gasteiger partial charge in [0.25, 0.3) is 0 Å². The largest absolute Gasteiger partial charge is 0.407 e. The van der Waals surface area contributed by atoms with Gasteiger partial charge < -0.3 is 10.5 Å². The molecule has 1 rings (SSSR count). The molecule has 1 aromatic rings. The van der Waals surface area contributed by atoms with Gasteiger partial charge >= 0.3 is 5.97 Å². The van der Waals surface area contributed by atoms with Crippen molar-refractivity contribution in [2.75, 3.05) is 5.73 Å². The van der Waals surface area contributed by atoms with Crippen LogP contribution in [0.3, 0.4) is 0 Å². The second-order valence-electron chi connectivity index (χ2n) is 1.62. The molecular weight excluding hydrogens is 152 g/mol. The lowest BCUT2D eigenvalue weighted by Crippen LogP contribution is -2.01. The van der Waals surface area contributed by atoms with Crippen LogP contribution in [0.5, 0.6) is 5.88 Å². The van der Waals surface area contributed by atoms with Gasteiger partial charge in [-0.1, -0.05) is 0 Å². The van der Waals surface area contributed by atoms with Crippen molar-refractivity contribution in [1.82, 2.24) is 4.98 Å². The van der Waals surface area contributed by atoms with Gasteiger partial charge in [-0.05, 0) is 0 Å². The van der Waals surface area contributed by atoms with E-state index in [1.165, 1.54) is 18.3 Å². The molecule has 0 fully saturated rings. The van der Waals surface area contributed by atoms with Gasteiger partial charge in [0.2, 0.25) is 5.88 Å². The number of anilines is 1. The molecule has 0 amide bonds. The van der Waals surface area contributed by atoms with Gasteiger partial charge in [0.1, 0.15) is 0 Å². The first kappa shape index (κ1) is 7.01. The summed E-state index contributed by atoms with van der Waals surface area (Å²) < 4.78 is 4.62. The van der Waals surface area contributed by atoms with Crippen molar-refractivity contribution in [3.63, 3.8) is 0 Å². The van der Waals surface area contributed by atoms with E-state index in [4.69, 9.17) is 5.73 Å². The van der Waals surface area contributed by atoms with E-state index < -0.39 is 0 Å². The van der Waals surface area contributed by atoms with Crippen molar-refractivity contribution >= 4 is 22.4 Å². The molecule has 0 saturated carbocycles. The summed E-state index contributed by atoms with van der Waals surface area (Å²) in [5.74, 6) is -0.111. The first-order valence-corrected chi connectivity index (χ1v) is 3.46. The summed E-state index contributed by atoms with van der Waals surface area (Å²) in [4.78, 5) is 14.0. The summed E-state index contributed by atoms with van der Waals surface area (Å²) in [5.41, 5.74) is 5.27. The Morgan fingerprint density at radius 1 is 1.90 bits per heavy atom. The molecule has 2 N–H and O–H groups in total. The molecule has 0 aliphatic heterocycles. The van der Waals surface area contributed by atoms with E-state index in [1.807, 2.05) is 0 Å². The molecule has 0 aliphatic carbocycles. The maximum absolute atomic E-state index is 10.3. The second kappa shape index (κ2) is 2.66. The van der Waals surface area contributed by atoms with Gasteiger partial charge in [0.05, 0.1) is 5.38 Å². The predicted molar refractivity (Wildman–Crippen MR) is 37.8 cm³/mol. The quantitative estimate of drug-likeness (QED) is 0.609. The van der Waals surface area contributed by atoms with Crippen LogP contribution >= 0.6 is 11.3 Å². The lowest BCUT2D eigenvalue weighted by Gasteiger charge is -1.91. The average Bonchev–Trinajstić information content (AvgIpc) is 2.13. The average molecular weight is 158 g/mol. The number of aromatic nitrogens is 1. The summed E-state index contributed by atoms with van der Waals surface area (Å²) in [5, 5.41) is 1.98. The number of hydrogen-bond donors (Lipinski definition) is 1. The summed E-state index contributed by atoms with van der Waals surface area (Å²) in [6.07, 6.45) is 0. The lowest BCUT2D eigenvalue weighted by molar-refractivity contribution is -0.132. The van der Waals surface area contributed by atoms with E-state index >= 15 is 0 Å². The number of rotatable bonds is 1. The third-order valence-corrected chi connectivity index (χ3v) is 1.40. The van der Waals surface area contributed by atoms with Crippen molar-refractivity contribution < 1.29 is 9.53 Å². The number of esters is 1. The molecule has 0 radical (unpaired) electrons. The topological polar surface area (TPSA) is 65.2 Å². The van der Waals surface area contributed by atoms with E-state index in [2.05, 4.69) is 9.72 Å². The Morgan fingerprint density at radius 2 is 2.60 bits per heavy atom. The number of thiazole rings is 1. The van der Waals surface area contributed by atoms with Crippen molar-refractivity contribution in [2.45, 2.75) is 6.92 Å². The minimum absolute atomic E-state index is 0.273. The van der Waals surface area contributed by atoms with Crippen LogP contribution in [-0.2, 0) is 4.79 Å². The molecule has 4 nitrogen and oxygen atoms in total. The fraction of sp³-hybridized carbons (Fsp3) is 0.200. The molecule has 0 aromatic carbocycles. The highest BCUT2D eigenvalue weighted by molar-refractivity contribution is 7.13. The van der Waals surface area contributed by atoms with E-state index in [0.717, 1.165) is 0 Å². The molecule has 0 atom stereocenters. The maximum atomic E-state index is 10.3. The Bertz CT molecular complexity index is 246. The molecule has 0 saturated heterocycles. The Kier molecular flexibility index (Phi) is 1.86. The highest BCUT2D eigenvalue weighted by Crippen LogP contribution is 2.17. The molecule has 1 heterocycles. The SMILES string of the molecule is CC(=O)Oc1csc(N)n1. The third-order valence-electron chi connectivity index (χ3n) is 0.749. The minimum Gasteiger partial charge on any atom is -0.407 e. The van der Waals surface area contributed by atoms with Gasteiger partial charge in [-0.15, -0.1) is 11.3 Å². The van der Waals surface area contributed by atoms with Crippen LogP contribution in [-0.4, -0.2) is 11.0 Å². The summed E-state index contributed by atoms with van der Waals surface area (Å²) in [6.45, 7) is 1.32. The van der Waals surface area contributed by atoms with E-state index in [9.17, 15) is 4.79 Å². The fourth-order valence-corrected chi connectivity index (χ4v) is 0.931. The smallest absolute Gasteiger partial charge is 0.309 e. The molecule has 54 valence electrons. The molecule has 1 aromatic heterocycles. The van der Waals surface area contributed by atoms with Crippen molar-refractivity contribution in [3.8, 4) is 5.88 Å². The number of hydrogen-bond acceptors (Lipinski definition) is 5. The van der Waals surface area contributed by atoms with Crippen LogP contribution in [0.2, 0.25) is 0 Å². The summed E-state index contributed by atoms with van der Waals surface area (Å²) in [7, 11) is 0. The Labute approximate surface area is 61.6 Å². The van der Waals surface area contributed by atoms with Crippen LogP contribution in [0.25, 0.3) is 0 Å². The van der Waals surface area contributed by atoms with Crippen LogP contribution < -0.4 is 10.5 Å². The standard InChI is InChI=1S/C5H6N2O2S/c1-3(8)9-4-2-10-5(6)7-4/h2H,1H3,(H2,6,7). The first-order chi connectivity index (χ1) is 4.68. The Balaban J connectivity index is 2.67. The third kappa shape index (κ3) is 1.70. The highest BCUT2D eigenvalue weighted by Gasteiger charge is 2.00. The molecule has 5 heteroatoms. The maximum Gasteiger partial charge on any atom is 0.309 e. The molecule has 0 bridgehead atoms. The second-order valence-corrected chi connectivity index (χ2v) is 2.51. The molecule has 0 spiro atoms. The van der Waals surface area contributed by atoms with E-state index in [1.54, 1.807) is 5.38 Å². The zero-order valence-electron chi connectivity index (χ0n) is 5.33. The monoisotopic (exact) mass is 158 g/mol. The Morgan fingerprint density at radius 3 is 3.00 bits per heavy atom. The van der Waals surface area contributed by atoms with E-state index in [-0.39, 0.29) is 11.8 Å². The zero-order chi connectivity index (χ0) is 7.56. The fourth-order valence-electron chi connectivity index (χ4n) is 0.466. The van der Waals surface area contributed by atoms with Gasteiger partial charge in [-0.25, -0.2) is 0 Å². The van der Waals surface area contributed by atoms with Gasteiger partial charge in [0.15, 0.2) is 5.13 Å². The molecule has 0 unspecified atom stereocenters. The van der Waals surface area contributed by atoms with E-state index in [0.29, 0.717) is 5.13 Å². The van der Waals surface area contributed by atoms with Crippen LogP contribution in [0.15, 0.2) is 5.38 Å². The predicted octanol–water partition coefficient (Wildman–Crippen LogP) is 0.651. The Hall–Kier alpha value is -1.10. The van der Waals surface area contributed by atoms with Gasteiger partial charge in [-0.2, -0.15) is 4.98 Å². The molecule has 0 aliphatic rings. The van der Waals surface area contributed by atoms with Crippen molar-refractivity contribution in [3.05, 3.63) is 5.38 Å². The zero-order valence-corrected chi connectivity index (χ0v) is 6.14. The first-order valence-electron chi connectivity index (χ1n) is 2.58. The lowest BCUT2D eigenvalue weighted by atomic mass is 10.8.